The van der Waals surface area contributed by atoms with Crippen molar-refractivity contribution in [1.29, 1.82) is 0 Å². The topological polar surface area (TPSA) is 12.0 Å². The van der Waals surface area contributed by atoms with E-state index in [1.807, 2.05) is 12.1 Å². The van der Waals surface area contributed by atoms with Crippen LogP contribution in [-0.2, 0) is 6.54 Å². The minimum atomic E-state index is -0.167. The van der Waals surface area contributed by atoms with Crippen molar-refractivity contribution >= 4 is 0 Å². The molecule has 1 N–H and O–H groups in total. The number of benzene rings is 1. The Morgan fingerprint density at radius 1 is 1.20 bits per heavy atom. The molecule has 1 aliphatic rings. The second kappa shape index (κ2) is 5.08. The van der Waals surface area contributed by atoms with Crippen molar-refractivity contribution in [2.75, 3.05) is 0 Å². The molecule has 0 radical (unpaired) electrons. The first-order valence-corrected chi connectivity index (χ1v) is 5.47. The molecule has 80 valence electrons. The minimum Gasteiger partial charge on any atom is -0.310 e. The Labute approximate surface area is 90.0 Å². The first-order valence-electron chi connectivity index (χ1n) is 5.47. The summed E-state index contributed by atoms with van der Waals surface area (Å²) in [5, 5.41) is 3.48. The van der Waals surface area contributed by atoms with E-state index in [1.165, 1.54) is 25.0 Å². The van der Waals surface area contributed by atoms with Gasteiger partial charge in [0.25, 0.3) is 0 Å². The molecular formula is C13H16FN. The third-order valence-corrected chi connectivity index (χ3v) is 2.78. The summed E-state index contributed by atoms with van der Waals surface area (Å²) in [6, 6.07) is 7.28. The zero-order chi connectivity index (χ0) is 10.5. The van der Waals surface area contributed by atoms with E-state index < -0.39 is 0 Å². The Bertz CT molecular complexity index is 329. The lowest BCUT2D eigenvalue weighted by Crippen LogP contribution is -2.29. The standard InChI is InChI=1S/C13H16FN/c14-12-8-6-11(7-9-12)10-15-13-4-2-1-3-5-13/h1-2,6-9,13,15H,3-5,10H2. The number of hydrogen-bond donors (Lipinski definition) is 1. The van der Waals surface area contributed by atoms with Crippen molar-refractivity contribution in [1.82, 2.24) is 5.32 Å². The first kappa shape index (κ1) is 10.4. The van der Waals surface area contributed by atoms with Crippen LogP contribution in [0.3, 0.4) is 0 Å². The summed E-state index contributed by atoms with van der Waals surface area (Å²) in [7, 11) is 0. The lowest BCUT2D eigenvalue weighted by molar-refractivity contribution is 0.474. The molecule has 2 heteroatoms. The molecule has 0 saturated carbocycles. The summed E-state index contributed by atoms with van der Waals surface area (Å²) in [4.78, 5) is 0. The summed E-state index contributed by atoms with van der Waals surface area (Å²) < 4.78 is 12.7. The molecule has 0 bridgehead atoms. The molecule has 15 heavy (non-hydrogen) atoms. The molecule has 1 aromatic rings. The van der Waals surface area contributed by atoms with Gasteiger partial charge < -0.3 is 5.32 Å². The van der Waals surface area contributed by atoms with Gasteiger partial charge in [0, 0.05) is 12.6 Å². The SMILES string of the molecule is Fc1ccc(CNC2CC=CCC2)cc1. The number of halogens is 1. The maximum absolute atomic E-state index is 12.7. The van der Waals surface area contributed by atoms with Gasteiger partial charge in [0.2, 0.25) is 0 Å². The van der Waals surface area contributed by atoms with Gasteiger partial charge in [-0.25, -0.2) is 4.39 Å². The van der Waals surface area contributed by atoms with Crippen LogP contribution < -0.4 is 5.32 Å². The van der Waals surface area contributed by atoms with Gasteiger partial charge in [-0.15, -0.1) is 0 Å². The highest BCUT2D eigenvalue weighted by atomic mass is 19.1. The van der Waals surface area contributed by atoms with Crippen LogP contribution in [0.5, 0.6) is 0 Å². The summed E-state index contributed by atoms with van der Waals surface area (Å²) in [6.07, 6.45) is 7.95. The van der Waals surface area contributed by atoms with Crippen molar-refractivity contribution in [2.45, 2.75) is 31.8 Å². The monoisotopic (exact) mass is 205 g/mol. The highest BCUT2D eigenvalue weighted by Gasteiger charge is 2.08. The molecule has 1 unspecified atom stereocenters. The molecule has 0 aliphatic heterocycles. The molecule has 0 aromatic heterocycles. The summed E-state index contributed by atoms with van der Waals surface area (Å²) in [6.45, 7) is 0.832. The van der Waals surface area contributed by atoms with E-state index in [0.29, 0.717) is 6.04 Å². The molecule has 0 amide bonds. The van der Waals surface area contributed by atoms with Crippen LogP contribution in [0.2, 0.25) is 0 Å². The molecule has 2 rings (SSSR count). The fourth-order valence-electron chi connectivity index (χ4n) is 1.84. The normalized spacial score (nSPS) is 20.5. The van der Waals surface area contributed by atoms with Crippen LogP contribution in [-0.4, -0.2) is 6.04 Å². The molecule has 0 saturated heterocycles. The van der Waals surface area contributed by atoms with Crippen LogP contribution >= 0.6 is 0 Å². The fraction of sp³-hybridized carbons (Fsp3) is 0.385. The van der Waals surface area contributed by atoms with Crippen LogP contribution in [0.4, 0.5) is 4.39 Å². The maximum Gasteiger partial charge on any atom is 0.123 e. The predicted molar refractivity (Wildman–Crippen MR) is 60.0 cm³/mol. The Morgan fingerprint density at radius 2 is 2.00 bits per heavy atom. The molecule has 1 aliphatic carbocycles. The van der Waals surface area contributed by atoms with Crippen molar-refractivity contribution in [3.8, 4) is 0 Å². The van der Waals surface area contributed by atoms with E-state index in [9.17, 15) is 4.39 Å². The average Bonchev–Trinajstić information content (AvgIpc) is 2.30. The molecule has 1 aromatic carbocycles. The zero-order valence-electron chi connectivity index (χ0n) is 8.75. The first-order chi connectivity index (χ1) is 7.34. The van der Waals surface area contributed by atoms with E-state index in [0.717, 1.165) is 18.5 Å². The van der Waals surface area contributed by atoms with Crippen molar-refractivity contribution < 1.29 is 4.39 Å². The smallest absolute Gasteiger partial charge is 0.123 e. The average molecular weight is 205 g/mol. The Morgan fingerprint density at radius 3 is 2.67 bits per heavy atom. The third kappa shape index (κ3) is 3.17. The van der Waals surface area contributed by atoms with E-state index in [2.05, 4.69) is 17.5 Å². The van der Waals surface area contributed by atoms with Gasteiger partial charge in [0.1, 0.15) is 5.82 Å². The molecule has 0 heterocycles. The van der Waals surface area contributed by atoms with Crippen molar-refractivity contribution in [2.24, 2.45) is 0 Å². The van der Waals surface area contributed by atoms with Crippen molar-refractivity contribution in [3.05, 3.63) is 47.8 Å². The molecule has 1 nitrogen and oxygen atoms in total. The number of allylic oxidation sites excluding steroid dienone is 1. The highest BCUT2D eigenvalue weighted by molar-refractivity contribution is 5.15. The minimum absolute atomic E-state index is 0.167. The highest BCUT2D eigenvalue weighted by Crippen LogP contribution is 2.11. The van der Waals surface area contributed by atoms with E-state index >= 15 is 0 Å². The number of rotatable bonds is 3. The number of nitrogens with one attached hydrogen (secondary N) is 1. The van der Waals surface area contributed by atoms with Crippen LogP contribution in [0.15, 0.2) is 36.4 Å². The summed E-state index contributed by atoms with van der Waals surface area (Å²) >= 11 is 0. The maximum atomic E-state index is 12.7. The summed E-state index contributed by atoms with van der Waals surface area (Å²) in [5.74, 6) is -0.167. The quantitative estimate of drug-likeness (QED) is 0.748. The zero-order valence-corrected chi connectivity index (χ0v) is 8.75. The van der Waals surface area contributed by atoms with Gasteiger partial charge >= 0.3 is 0 Å². The lowest BCUT2D eigenvalue weighted by atomic mass is 10.0. The van der Waals surface area contributed by atoms with Gasteiger partial charge in [-0.05, 0) is 37.0 Å². The Kier molecular flexibility index (Phi) is 3.51. The second-order valence-corrected chi connectivity index (χ2v) is 3.99. The van der Waals surface area contributed by atoms with Crippen LogP contribution in [0.25, 0.3) is 0 Å². The molecule has 0 fully saturated rings. The van der Waals surface area contributed by atoms with Gasteiger partial charge in [-0.1, -0.05) is 24.3 Å². The van der Waals surface area contributed by atoms with Gasteiger partial charge in [-0.3, -0.25) is 0 Å². The fourth-order valence-corrected chi connectivity index (χ4v) is 1.84. The Balaban J connectivity index is 1.82. The number of hydrogen-bond acceptors (Lipinski definition) is 1. The van der Waals surface area contributed by atoms with E-state index in [4.69, 9.17) is 0 Å². The third-order valence-electron chi connectivity index (χ3n) is 2.78. The van der Waals surface area contributed by atoms with Crippen molar-refractivity contribution in [3.63, 3.8) is 0 Å². The van der Waals surface area contributed by atoms with Gasteiger partial charge in [-0.2, -0.15) is 0 Å². The second-order valence-electron chi connectivity index (χ2n) is 3.99. The van der Waals surface area contributed by atoms with Crippen LogP contribution in [0.1, 0.15) is 24.8 Å². The molecule has 0 spiro atoms. The largest absolute Gasteiger partial charge is 0.310 e. The molecular weight excluding hydrogens is 189 g/mol. The lowest BCUT2D eigenvalue weighted by Gasteiger charge is -2.19. The van der Waals surface area contributed by atoms with Crippen LogP contribution in [0, 0.1) is 5.82 Å². The molecule has 1 atom stereocenters. The van der Waals surface area contributed by atoms with Gasteiger partial charge in [0.15, 0.2) is 0 Å². The van der Waals surface area contributed by atoms with Gasteiger partial charge in [0.05, 0.1) is 0 Å². The van der Waals surface area contributed by atoms with E-state index in [1.54, 1.807) is 0 Å². The summed E-state index contributed by atoms with van der Waals surface area (Å²) in [5.41, 5.74) is 1.14. The Hall–Kier alpha value is -1.15. The predicted octanol–water partition coefficient (Wildman–Crippen LogP) is 3.02. The van der Waals surface area contributed by atoms with E-state index in [-0.39, 0.29) is 5.82 Å².